The highest BCUT2D eigenvalue weighted by molar-refractivity contribution is 4.74. The Morgan fingerprint density at radius 1 is 1.27 bits per heavy atom. The van der Waals surface area contributed by atoms with E-state index in [1.807, 2.05) is 0 Å². The molecule has 0 aliphatic rings. The minimum absolute atomic E-state index is 0.375. The summed E-state index contributed by atoms with van der Waals surface area (Å²) in [6.07, 6.45) is 2.32. The van der Waals surface area contributed by atoms with Crippen molar-refractivity contribution in [1.82, 2.24) is 0 Å². The van der Waals surface area contributed by atoms with Gasteiger partial charge in [-0.15, -0.1) is 0 Å². The molecule has 0 saturated carbocycles. The van der Waals surface area contributed by atoms with Crippen molar-refractivity contribution in [1.29, 1.82) is 0 Å². The second-order valence-electron chi connectivity index (χ2n) is 4.81. The normalized spacial score (nSPS) is 18.0. The van der Waals surface area contributed by atoms with Gasteiger partial charge in [0.25, 0.3) is 0 Å². The Kier molecular flexibility index (Phi) is 4.09. The summed E-state index contributed by atoms with van der Waals surface area (Å²) in [5.41, 5.74) is 6.39. The smallest absolute Gasteiger partial charge is 0.00694 e. The quantitative estimate of drug-likeness (QED) is 0.670. The van der Waals surface area contributed by atoms with E-state index in [2.05, 4.69) is 34.6 Å². The Balaban J connectivity index is 3.77. The fraction of sp³-hybridized carbons (Fsp3) is 1.00. The van der Waals surface area contributed by atoms with E-state index in [0.717, 1.165) is 6.42 Å². The fourth-order valence-electron chi connectivity index (χ4n) is 1.21. The summed E-state index contributed by atoms with van der Waals surface area (Å²) in [6, 6.07) is 0.375. The van der Waals surface area contributed by atoms with Crippen LogP contribution in [0.2, 0.25) is 0 Å². The Labute approximate surface area is 71.4 Å². The zero-order valence-corrected chi connectivity index (χ0v) is 8.65. The maximum absolute atomic E-state index is 6.01. The maximum Gasteiger partial charge on any atom is 0.00694 e. The van der Waals surface area contributed by atoms with Crippen LogP contribution < -0.4 is 5.73 Å². The van der Waals surface area contributed by atoms with Gasteiger partial charge < -0.3 is 5.73 Å². The van der Waals surface area contributed by atoms with Crippen molar-refractivity contribution in [3.8, 4) is 0 Å². The average molecular weight is 157 g/mol. The van der Waals surface area contributed by atoms with Gasteiger partial charge in [-0.2, -0.15) is 0 Å². The van der Waals surface area contributed by atoms with Crippen LogP contribution in [-0.4, -0.2) is 6.04 Å². The predicted molar refractivity (Wildman–Crippen MR) is 51.5 cm³/mol. The standard InChI is InChI=1S/C10H23N/c1-6-8(2)9(11)7-10(3,4)5/h8-9H,6-7,11H2,1-5H3/t8?,9-/m0/s1. The van der Waals surface area contributed by atoms with Crippen LogP contribution in [0.1, 0.15) is 47.5 Å². The van der Waals surface area contributed by atoms with Gasteiger partial charge in [0.05, 0.1) is 0 Å². The highest BCUT2D eigenvalue weighted by Gasteiger charge is 2.18. The van der Waals surface area contributed by atoms with Crippen LogP contribution >= 0.6 is 0 Å². The van der Waals surface area contributed by atoms with Gasteiger partial charge in [0.2, 0.25) is 0 Å². The first kappa shape index (κ1) is 11.0. The van der Waals surface area contributed by atoms with Gasteiger partial charge in [-0.1, -0.05) is 41.0 Å². The Morgan fingerprint density at radius 3 is 2.00 bits per heavy atom. The van der Waals surface area contributed by atoms with E-state index in [9.17, 15) is 0 Å². The van der Waals surface area contributed by atoms with Crippen LogP contribution in [0, 0.1) is 11.3 Å². The van der Waals surface area contributed by atoms with Crippen molar-refractivity contribution >= 4 is 0 Å². The number of rotatable bonds is 3. The molecular formula is C10H23N. The summed E-state index contributed by atoms with van der Waals surface area (Å²) in [4.78, 5) is 0. The highest BCUT2D eigenvalue weighted by atomic mass is 14.6. The van der Waals surface area contributed by atoms with Crippen molar-refractivity contribution in [2.75, 3.05) is 0 Å². The molecule has 68 valence electrons. The molecule has 0 bridgehead atoms. The topological polar surface area (TPSA) is 26.0 Å². The molecule has 0 aromatic rings. The lowest BCUT2D eigenvalue weighted by atomic mass is 9.83. The molecule has 0 heterocycles. The largest absolute Gasteiger partial charge is 0.327 e. The predicted octanol–water partition coefficient (Wildman–Crippen LogP) is 2.80. The van der Waals surface area contributed by atoms with Crippen molar-refractivity contribution < 1.29 is 0 Å². The lowest BCUT2D eigenvalue weighted by molar-refractivity contribution is 0.289. The van der Waals surface area contributed by atoms with Crippen LogP contribution in [0.5, 0.6) is 0 Å². The minimum Gasteiger partial charge on any atom is -0.327 e. The van der Waals surface area contributed by atoms with Crippen molar-refractivity contribution in [3.05, 3.63) is 0 Å². The van der Waals surface area contributed by atoms with E-state index in [1.54, 1.807) is 0 Å². The van der Waals surface area contributed by atoms with Gasteiger partial charge in [-0.05, 0) is 17.8 Å². The van der Waals surface area contributed by atoms with Gasteiger partial charge in [-0.25, -0.2) is 0 Å². The molecule has 0 saturated heterocycles. The average Bonchev–Trinajstić information content (AvgIpc) is 1.82. The van der Waals surface area contributed by atoms with Crippen LogP contribution in [0.3, 0.4) is 0 Å². The van der Waals surface area contributed by atoms with E-state index < -0.39 is 0 Å². The molecule has 2 N–H and O–H groups in total. The monoisotopic (exact) mass is 157 g/mol. The zero-order chi connectivity index (χ0) is 9.07. The number of hydrogen-bond acceptors (Lipinski definition) is 1. The molecule has 1 unspecified atom stereocenters. The third kappa shape index (κ3) is 5.25. The molecule has 0 aliphatic heterocycles. The number of hydrogen-bond donors (Lipinski definition) is 1. The fourth-order valence-corrected chi connectivity index (χ4v) is 1.21. The third-order valence-electron chi connectivity index (χ3n) is 2.22. The van der Waals surface area contributed by atoms with E-state index in [1.165, 1.54) is 6.42 Å². The summed E-state index contributed by atoms with van der Waals surface area (Å²) in [5, 5.41) is 0. The molecule has 0 fully saturated rings. The van der Waals surface area contributed by atoms with Gasteiger partial charge in [-0.3, -0.25) is 0 Å². The first-order valence-corrected chi connectivity index (χ1v) is 4.62. The molecule has 2 atom stereocenters. The van der Waals surface area contributed by atoms with Crippen molar-refractivity contribution in [3.63, 3.8) is 0 Å². The minimum atomic E-state index is 0.375. The van der Waals surface area contributed by atoms with Crippen molar-refractivity contribution in [2.24, 2.45) is 17.1 Å². The summed E-state index contributed by atoms with van der Waals surface area (Å²) >= 11 is 0. The molecule has 0 amide bonds. The molecule has 0 spiro atoms. The molecule has 1 heteroatoms. The van der Waals surface area contributed by atoms with Gasteiger partial charge in [0.15, 0.2) is 0 Å². The Morgan fingerprint density at radius 2 is 1.73 bits per heavy atom. The highest BCUT2D eigenvalue weighted by Crippen LogP contribution is 2.23. The van der Waals surface area contributed by atoms with Gasteiger partial charge >= 0.3 is 0 Å². The van der Waals surface area contributed by atoms with E-state index in [-0.39, 0.29) is 0 Å². The Bertz CT molecular complexity index is 102. The number of nitrogens with two attached hydrogens (primary N) is 1. The van der Waals surface area contributed by atoms with Crippen LogP contribution in [0.4, 0.5) is 0 Å². The summed E-state index contributed by atoms with van der Waals surface area (Å²) in [7, 11) is 0. The second-order valence-corrected chi connectivity index (χ2v) is 4.81. The van der Waals surface area contributed by atoms with Crippen LogP contribution in [0.15, 0.2) is 0 Å². The SMILES string of the molecule is CCC(C)[C@@H](N)CC(C)(C)C. The Hall–Kier alpha value is -0.0400. The molecule has 0 radical (unpaired) electrons. The van der Waals surface area contributed by atoms with Gasteiger partial charge in [0, 0.05) is 6.04 Å². The zero-order valence-electron chi connectivity index (χ0n) is 8.65. The van der Waals surface area contributed by atoms with Gasteiger partial charge in [0.1, 0.15) is 0 Å². The maximum atomic E-state index is 6.01. The summed E-state index contributed by atoms with van der Waals surface area (Å²) < 4.78 is 0. The van der Waals surface area contributed by atoms with Crippen LogP contribution in [-0.2, 0) is 0 Å². The second kappa shape index (κ2) is 4.10. The molecule has 1 nitrogen and oxygen atoms in total. The molecule has 11 heavy (non-hydrogen) atoms. The summed E-state index contributed by atoms with van der Waals surface area (Å²) in [6.45, 7) is 11.2. The lowest BCUT2D eigenvalue weighted by Crippen LogP contribution is -2.32. The molecule has 0 rings (SSSR count). The molecular weight excluding hydrogens is 134 g/mol. The summed E-state index contributed by atoms with van der Waals surface area (Å²) in [5.74, 6) is 0.661. The third-order valence-corrected chi connectivity index (χ3v) is 2.22. The molecule has 0 aromatic carbocycles. The molecule has 0 aromatic heterocycles. The molecule has 0 aliphatic carbocycles. The van der Waals surface area contributed by atoms with E-state index in [0.29, 0.717) is 17.4 Å². The van der Waals surface area contributed by atoms with E-state index >= 15 is 0 Å². The lowest BCUT2D eigenvalue weighted by Gasteiger charge is -2.26. The van der Waals surface area contributed by atoms with Crippen molar-refractivity contribution in [2.45, 2.75) is 53.5 Å². The first-order valence-electron chi connectivity index (χ1n) is 4.62. The first-order chi connectivity index (χ1) is 4.87. The van der Waals surface area contributed by atoms with E-state index in [4.69, 9.17) is 5.73 Å². The van der Waals surface area contributed by atoms with Crippen LogP contribution in [0.25, 0.3) is 0 Å².